The highest BCUT2D eigenvalue weighted by atomic mass is 35.5. The number of hydrogen-bond acceptors (Lipinski definition) is 2. The zero-order valence-corrected chi connectivity index (χ0v) is 20.5. The van der Waals surface area contributed by atoms with Crippen LogP contribution in [0.15, 0.2) is 115 Å². The van der Waals surface area contributed by atoms with Gasteiger partial charge in [-0.05, 0) is 42.5 Å². The van der Waals surface area contributed by atoms with Gasteiger partial charge in [-0.3, -0.25) is 0 Å². The van der Waals surface area contributed by atoms with Crippen LogP contribution in [0.3, 0.4) is 0 Å². The molecule has 1 atom stereocenters. The molecule has 0 aliphatic carbocycles. The van der Waals surface area contributed by atoms with Crippen molar-refractivity contribution in [1.29, 1.82) is 0 Å². The molecule has 172 valence electrons. The van der Waals surface area contributed by atoms with Crippen molar-refractivity contribution in [3.63, 3.8) is 0 Å². The molecule has 0 radical (unpaired) electrons. The molecule has 0 saturated heterocycles. The summed E-state index contributed by atoms with van der Waals surface area (Å²) < 4.78 is 0. The van der Waals surface area contributed by atoms with Crippen LogP contribution in [0.1, 0.15) is 18.9 Å². The molecule has 1 unspecified atom stereocenters. The third-order valence-electron chi connectivity index (χ3n) is 6.13. The van der Waals surface area contributed by atoms with Crippen LogP contribution in [0.2, 0.25) is 0 Å². The van der Waals surface area contributed by atoms with Crippen LogP contribution in [0.25, 0.3) is 45.0 Å². The number of aryl methyl sites for hydroxylation is 1. The minimum Gasteiger partial charge on any atom is -0.228 e. The highest BCUT2D eigenvalue weighted by Gasteiger charge is 2.11. The summed E-state index contributed by atoms with van der Waals surface area (Å²) in [6, 6.07) is 39.9. The van der Waals surface area contributed by atoms with Gasteiger partial charge in [-0.15, -0.1) is 11.6 Å². The van der Waals surface area contributed by atoms with E-state index < -0.39 is 0 Å². The zero-order valence-electron chi connectivity index (χ0n) is 19.7. The Morgan fingerprint density at radius 1 is 0.571 bits per heavy atom. The first-order valence-electron chi connectivity index (χ1n) is 12.0. The van der Waals surface area contributed by atoms with Crippen molar-refractivity contribution in [2.45, 2.75) is 25.1 Å². The number of hydrogen-bond donors (Lipinski definition) is 0. The van der Waals surface area contributed by atoms with Gasteiger partial charge in [0.05, 0.1) is 11.4 Å². The summed E-state index contributed by atoms with van der Waals surface area (Å²) in [4.78, 5) is 9.85. The van der Waals surface area contributed by atoms with E-state index in [0.717, 1.165) is 46.7 Å². The molecule has 0 bridgehead atoms. The van der Waals surface area contributed by atoms with E-state index in [1.807, 2.05) is 43.3 Å². The molecule has 0 aliphatic heterocycles. The Hall–Kier alpha value is -3.75. The van der Waals surface area contributed by atoms with Crippen LogP contribution in [-0.2, 0) is 6.42 Å². The molecule has 0 N–H and O–H groups in total. The van der Waals surface area contributed by atoms with Crippen LogP contribution in [0.5, 0.6) is 0 Å². The van der Waals surface area contributed by atoms with Gasteiger partial charge in [0.15, 0.2) is 5.82 Å². The minimum atomic E-state index is 0.201. The molecule has 1 aromatic heterocycles. The molecule has 5 rings (SSSR count). The molecule has 0 spiro atoms. The lowest BCUT2D eigenvalue weighted by atomic mass is 10.0. The van der Waals surface area contributed by atoms with Gasteiger partial charge in [0, 0.05) is 22.1 Å². The van der Waals surface area contributed by atoms with Crippen molar-refractivity contribution >= 4 is 11.6 Å². The number of rotatable bonds is 7. The van der Waals surface area contributed by atoms with Crippen LogP contribution in [0.4, 0.5) is 0 Å². The molecule has 2 nitrogen and oxygen atoms in total. The summed E-state index contributed by atoms with van der Waals surface area (Å²) in [5, 5.41) is 0.201. The Morgan fingerprint density at radius 3 is 1.51 bits per heavy atom. The molecule has 0 aliphatic rings. The third-order valence-corrected chi connectivity index (χ3v) is 6.34. The van der Waals surface area contributed by atoms with Crippen LogP contribution >= 0.6 is 11.6 Å². The van der Waals surface area contributed by atoms with Crippen LogP contribution in [-0.4, -0.2) is 15.3 Å². The Morgan fingerprint density at radius 2 is 1.03 bits per heavy atom. The lowest BCUT2D eigenvalue weighted by Crippen LogP contribution is -1.96. The molecule has 35 heavy (non-hydrogen) atoms. The zero-order chi connectivity index (χ0) is 24.0. The second-order valence-corrected chi connectivity index (χ2v) is 9.53. The first-order chi connectivity index (χ1) is 17.2. The molecule has 0 fully saturated rings. The predicted octanol–water partition coefficient (Wildman–Crippen LogP) is 8.70. The van der Waals surface area contributed by atoms with Gasteiger partial charge in [-0.1, -0.05) is 109 Å². The van der Waals surface area contributed by atoms with E-state index in [0.29, 0.717) is 0 Å². The van der Waals surface area contributed by atoms with E-state index >= 15 is 0 Å². The lowest BCUT2D eigenvalue weighted by molar-refractivity contribution is 0.803. The molecular formula is C32H27ClN2. The maximum atomic E-state index is 6.10. The van der Waals surface area contributed by atoms with Gasteiger partial charge < -0.3 is 0 Å². The van der Waals surface area contributed by atoms with Crippen molar-refractivity contribution in [3.8, 4) is 45.0 Å². The Bertz CT molecular complexity index is 1320. The van der Waals surface area contributed by atoms with Crippen molar-refractivity contribution < 1.29 is 0 Å². The first kappa shape index (κ1) is 23.0. The van der Waals surface area contributed by atoms with Crippen LogP contribution in [0, 0.1) is 0 Å². The molecule has 0 amide bonds. The van der Waals surface area contributed by atoms with E-state index in [1.165, 1.54) is 16.7 Å². The summed E-state index contributed by atoms with van der Waals surface area (Å²) in [5.74, 6) is 0.724. The smallest absolute Gasteiger partial charge is 0.160 e. The van der Waals surface area contributed by atoms with Crippen molar-refractivity contribution in [2.75, 3.05) is 0 Å². The molecule has 3 heteroatoms. The molecule has 0 saturated carbocycles. The van der Waals surface area contributed by atoms with Crippen molar-refractivity contribution in [3.05, 3.63) is 121 Å². The van der Waals surface area contributed by atoms with Gasteiger partial charge in [-0.25, -0.2) is 9.97 Å². The van der Waals surface area contributed by atoms with Crippen LogP contribution < -0.4 is 0 Å². The van der Waals surface area contributed by atoms with Crippen molar-refractivity contribution in [2.24, 2.45) is 0 Å². The van der Waals surface area contributed by atoms with Gasteiger partial charge in [0.2, 0.25) is 0 Å². The second kappa shape index (κ2) is 10.7. The van der Waals surface area contributed by atoms with E-state index in [2.05, 4.69) is 78.9 Å². The van der Waals surface area contributed by atoms with Crippen molar-refractivity contribution in [1.82, 2.24) is 9.97 Å². The Kier molecular flexibility index (Phi) is 7.02. The Labute approximate surface area is 212 Å². The fraction of sp³-hybridized carbons (Fsp3) is 0.125. The molecule has 1 heterocycles. The normalized spacial score (nSPS) is 11.8. The number of nitrogens with zero attached hydrogens (tertiary/aromatic N) is 2. The summed E-state index contributed by atoms with van der Waals surface area (Å²) in [7, 11) is 0. The quantitative estimate of drug-likeness (QED) is 0.220. The number of aromatic nitrogens is 2. The number of alkyl halides is 1. The summed E-state index contributed by atoms with van der Waals surface area (Å²) in [5.41, 5.74) is 8.67. The first-order valence-corrected chi connectivity index (χ1v) is 12.4. The highest BCUT2D eigenvalue weighted by Crippen LogP contribution is 2.29. The number of halogens is 1. The van der Waals surface area contributed by atoms with Gasteiger partial charge in [0.25, 0.3) is 0 Å². The summed E-state index contributed by atoms with van der Waals surface area (Å²) >= 11 is 6.10. The summed E-state index contributed by atoms with van der Waals surface area (Å²) in [6.07, 6.45) is 1.99. The average molecular weight is 475 g/mol. The monoisotopic (exact) mass is 474 g/mol. The van der Waals surface area contributed by atoms with E-state index in [1.54, 1.807) is 0 Å². The molecular weight excluding hydrogens is 448 g/mol. The topological polar surface area (TPSA) is 25.8 Å². The molecule has 4 aromatic carbocycles. The van der Waals surface area contributed by atoms with E-state index in [-0.39, 0.29) is 5.38 Å². The Balaban J connectivity index is 1.46. The van der Waals surface area contributed by atoms with Gasteiger partial charge in [-0.2, -0.15) is 0 Å². The SMILES string of the molecule is CC(Cl)CCc1ccc(-c2ccc(-c3nc(-c4ccccc4)cc(-c4ccccc4)n3)cc2)cc1. The fourth-order valence-corrected chi connectivity index (χ4v) is 4.24. The van der Waals surface area contributed by atoms with E-state index in [4.69, 9.17) is 21.6 Å². The predicted molar refractivity (Wildman–Crippen MR) is 147 cm³/mol. The molecule has 5 aromatic rings. The minimum absolute atomic E-state index is 0.201. The third kappa shape index (κ3) is 5.67. The fourth-order valence-electron chi connectivity index (χ4n) is 4.13. The maximum absolute atomic E-state index is 6.10. The summed E-state index contributed by atoms with van der Waals surface area (Å²) in [6.45, 7) is 2.04. The van der Waals surface area contributed by atoms with Gasteiger partial charge in [0.1, 0.15) is 0 Å². The standard InChI is InChI=1S/C32H27ClN2/c1-23(33)12-13-24-14-16-25(17-15-24)26-18-20-29(21-19-26)32-34-30(27-8-4-2-5-9-27)22-31(35-32)28-10-6-3-7-11-28/h2-11,14-23H,12-13H2,1H3. The van der Waals surface area contributed by atoms with Gasteiger partial charge >= 0.3 is 0 Å². The lowest BCUT2D eigenvalue weighted by Gasteiger charge is -2.10. The second-order valence-electron chi connectivity index (χ2n) is 8.79. The van der Waals surface area contributed by atoms with E-state index in [9.17, 15) is 0 Å². The number of benzene rings is 4. The largest absolute Gasteiger partial charge is 0.228 e. The highest BCUT2D eigenvalue weighted by molar-refractivity contribution is 6.20. The average Bonchev–Trinajstić information content (AvgIpc) is 2.93. The maximum Gasteiger partial charge on any atom is 0.160 e.